The molecule has 0 fully saturated rings. The number of nitrogens with zero attached hydrogens (tertiary/aromatic N) is 1. The monoisotopic (exact) mass is 337 g/mol. The van der Waals surface area contributed by atoms with Gasteiger partial charge in [0.2, 0.25) is 0 Å². The Kier molecular flexibility index (Phi) is 5.63. The Labute approximate surface area is 139 Å². The number of benzene rings is 1. The highest BCUT2D eigenvalue weighted by Crippen LogP contribution is 2.26. The maximum atomic E-state index is 12.1. The Morgan fingerprint density at radius 3 is 2.32 bits per heavy atom. The lowest BCUT2D eigenvalue weighted by Crippen LogP contribution is -2.38. The Morgan fingerprint density at radius 1 is 1.05 bits per heavy atom. The first-order valence-corrected chi connectivity index (χ1v) is 7.65. The number of urea groups is 1. The lowest BCUT2D eigenvalue weighted by Gasteiger charge is -2.19. The average molecular weight is 338 g/mol. The molecular weight excluding hydrogens is 321 g/mol. The van der Waals surface area contributed by atoms with Crippen LogP contribution in [0.4, 0.5) is 4.79 Å². The predicted molar refractivity (Wildman–Crippen MR) is 89.2 cm³/mol. The second kappa shape index (κ2) is 7.47. The first-order chi connectivity index (χ1) is 10.5. The van der Waals surface area contributed by atoms with Crippen molar-refractivity contribution in [2.75, 3.05) is 0 Å². The second-order valence-corrected chi connectivity index (χ2v) is 5.85. The van der Waals surface area contributed by atoms with Gasteiger partial charge in [-0.3, -0.25) is 4.98 Å². The number of nitrogens with one attached hydrogen (secondary N) is 2. The van der Waals surface area contributed by atoms with Crippen molar-refractivity contribution < 1.29 is 4.79 Å². The largest absolute Gasteiger partial charge is 0.332 e. The van der Waals surface area contributed by atoms with Crippen LogP contribution in [0, 0.1) is 0 Å². The molecule has 2 unspecified atom stereocenters. The van der Waals surface area contributed by atoms with E-state index in [4.69, 9.17) is 23.2 Å². The minimum Gasteiger partial charge on any atom is -0.332 e. The van der Waals surface area contributed by atoms with Gasteiger partial charge in [0.05, 0.1) is 12.1 Å². The van der Waals surface area contributed by atoms with Crippen LogP contribution in [0.15, 0.2) is 42.7 Å². The molecule has 0 saturated heterocycles. The Hall–Kier alpha value is -1.78. The van der Waals surface area contributed by atoms with Crippen molar-refractivity contribution >= 4 is 29.2 Å². The SMILES string of the molecule is CC(NC(=O)NC(C)c1ccc(Cl)cc1Cl)c1ccncc1. The Bertz CT molecular complexity index is 649. The van der Waals surface area contributed by atoms with E-state index in [1.54, 1.807) is 24.5 Å². The van der Waals surface area contributed by atoms with E-state index >= 15 is 0 Å². The summed E-state index contributed by atoms with van der Waals surface area (Å²) in [4.78, 5) is 16.0. The summed E-state index contributed by atoms with van der Waals surface area (Å²) < 4.78 is 0. The quantitative estimate of drug-likeness (QED) is 0.862. The second-order valence-electron chi connectivity index (χ2n) is 5.01. The zero-order chi connectivity index (χ0) is 16.1. The van der Waals surface area contributed by atoms with Crippen molar-refractivity contribution in [2.45, 2.75) is 25.9 Å². The van der Waals surface area contributed by atoms with Crippen molar-refractivity contribution in [2.24, 2.45) is 0 Å². The smallest absolute Gasteiger partial charge is 0.315 e. The van der Waals surface area contributed by atoms with Crippen molar-refractivity contribution in [3.8, 4) is 0 Å². The molecule has 0 bridgehead atoms. The fourth-order valence-electron chi connectivity index (χ4n) is 2.10. The number of carbonyl (C=O) groups is 1. The Balaban J connectivity index is 1.96. The summed E-state index contributed by atoms with van der Waals surface area (Å²) in [5.41, 5.74) is 1.81. The molecule has 2 rings (SSSR count). The normalized spacial score (nSPS) is 13.3. The molecule has 1 aromatic carbocycles. The van der Waals surface area contributed by atoms with Gasteiger partial charge >= 0.3 is 6.03 Å². The van der Waals surface area contributed by atoms with Crippen molar-refractivity contribution in [1.82, 2.24) is 15.6 Å². The zero-order valence-corrected chi connectivity index (χ0v) is 13.8. The number of hydrogen-bond acceptors (Lipinski definition) is 2. The van der Waals surface area contributed by atoms with Gasteiger partial charge < -0.3 is 10.6 Å². The van der Waals surface area contributed by atoms with Crippen LogP contribution in [-0.4, -0.2) is 11.0 Å². The lowest BCUT2D eigenvalue weighted by atomic mass is 10.1. The highest BCUT2D eigenvalue weighted by molar-refractivity contribution is 6.35. The number of aromatic nitrogens is 1. The number of pyridine rings is 1. The third-order valence-corrected chi connectivity index (χ3v) is 3.89. The van der Waals surface area contributed by atoms with Crippen molar-refractivity contribution in [3.63, 3.8) is 0 Å². The van der Waals surface area contributed by atoms with Crippen LogP contribution in [-0.2, 0) is 0 Å². The molecule has 2 amide bonds. The molecule has 22 heavy (non-hydrogen) atoms. The van der Waals surface area contributed by atoms with Crippen molar-refractivity contribution in [1.29, 1.82) is 0 Å². The lowest BCUT2D eigenvalue weighted by molar-refractivity contribution is 0.235. The van der Waals surface area contributed by atoms with Gasteiger partial charge in [-0.1, -0.05) is 29.3 Å². The molecule has 0 aliphatic rings. The summed E-state index contributed by atoms with van der Waals surface area (Å²) in [6.07, 6.45) is 3.39. The first-order valence-electron chi connectivity index (χ1n) is 6.89. The molecule has 4 nitrogen and oxygen atoms in total. The summed E-state index contributed by atoms with van der Waals surface area (Å²) in [6.45, 7) is 3.78. The van der Waals surface area contributed by atoms with E-state index in [0.29, 0.717) is 10.0 Å². The number of hydrogen-bond donors (Lipinski definition) is 2. The van der Waals surface area contributed by atoms with Gasteiger partial charge in [0.15, 0.2) is 0 Å². The third-order valence-electron chi connectivity index (χ3n) is 3.33. The molecule has 0 aliphatic heterocycles. The third kappa shape index (κ3) is 4.36. The molecule has 1 heterocycles. The molecule has 2 atom stereocenters. The molecule has 2 N–H and O–H groups in total. The maximum Gasteiger partial charge on any atom is 0.315 e. The van der Waals surface area contributed by atoms with E-state index < -0.39 is 0 Å². The van der Waals surface area contributed by atoms with Crippen LogP contribution in [0.2, 0.25) is 10.0 Å². The summed E-state index contributed by atoms with van der Waals surface area (Å²) in [5, 5.41) is 6.84. The zero-order valence-electron chi connectivity index (χ0n) is 12.3. The standard InChI is InChI=1S/C16H17Cl2N3O/c1-10(12-5-7-19-8-6-12)20-16(22)21-11(2)14-4-3-13(17)9-15(14)18/h3-11H,1-2H3,(H2,20,21,22). The van der Waals surface area contributed by atoms with E-state index in [9.17, 15) is 4.79 Å². The van der Waals surface area contributed by atoms with Crippen LogP contribution in [0.25, 0.3) is 0 Å². The summed E-state index contributed by atoms with van der Waals surface area (Å²) in [5.74, 6) is 0. The van der Waals surface area contributed by atoms with Gasteiger partial charge in [0.25, 0.3) is 0 Å². The van der Waals surface area contributed by atoms with Crippen LogP contribution >= 0.6 is 23.2 Å². The van der Waals surface area contributed by atoms with E-state index in [0.717, 1.165) is 11.1 Å². The minimum atomic E-state index is -0.261. The first kappa shape index (κ1) is 16.6. The molecule has 0 radical (unpaired) electrons. The molecule has 0 spiro atoms. The molecule has 6 heteroatoms. The summed E-state index contributed by atoms with van der Waals surface area (Å²) >= 11 is 12.0. The Morgan fingerprint density at radius 2 is 1.68 bits per heavy atom. The van der Waals surface area contributed by atoms with E-state index in [-0.39, 0.29) is 18.1 Å². The van der Waals surface area contributed by atoms with Gasteiger partial charge in [-0.2, -0.15) is 0 Å². The van der Waals surface area contributed by atoms with E-state index in [2.05, 4.69) is 15.6 Å². The highest BCUT2D eigenvalue weighted by atomic mass is 35.5. The average Bonchev–Trinajstić information content (AvgIpc) is 2.47. The fourth-order valence-corrected chi connectivity index (χ4v) is 2.67. The summed E-state index contributed by atoms with van der Waals surface area (Å²) in [6, 6.07) is 8.34. The maximum absolute atomic E-state index is 12.1. The number of carbonyl (C=O) groups excluding carboxylic acids is 1. The highest BCUT2D eigenvalue weighted by Gasteiger charge is 2.15. The number of amides is 2. The topological polar surface area (TPSA) is 54.0 Å². The molecular formula is C16H17Cl2N3O. The molecule has 116 valence electrons. The van der Waals surface area contributed by atoms with Gasteiger partial charge in [-0.25, -0.2) is 4.79 Å². The van der Waals surface area contributed by atoms with Crippen LogP contribution < -0.4 is 10.6 Å². The van der Waals surface area contributed by atoms with Crippen molar-refractivity contribution in [3.05, 3.63) is 63.9 Å². The van der Waals surface area contributed by atoms with Gasteiger partial charge in [0.1, 0.15) is 0 Å². The van der Waals surface area contributed by atoms with Crippen LogP contribution in [0.1, 0.15) is 37.1 Å². The predicted octanol–water partition coefficient (Wildman–Crippen LogP) is 4.51. The van der Waals surface area contributed by atoms with E-state index in [1.807, 2.05) is 32.0 Å². The van der Waals surface area contributed by atoms with Gasteiger partial charge in [0, 0.05) is 22.4 Å². The van der Waals surface area contributed by atoms with Crippen LogP contribution in [0.3, 0.4) is 0 Å². The van der Waals surface area contributed by atoms with Crippen LogP contribution in [0.5, 0.6) is 0 Å². The minimum absolute atomic E-state index is 0.115. The summed E-state index contributed by atoms with van der Waals surface area (Å²) in [7, 11) is 0. The molecule has 0 aliphatic carbocycles. The molecule has 2 aromatic rings. The van der Waals surface area contributed by atoms with Gasteiger partial charge in [-0.15, -0.1) is 0 Å². The molecule has 1 aromatic heterocycles. The number of rotatable bonds is 4. The number of halogens is 2. The van der Waals surface area contributed by atoms with Gasteiger partial charge in [-0.05, 0) is 49.2 Å². The fraction of sp³-hybridized carbons (Fsp3) is 0.250. The molecule has 0 saturated carbocycles. The van der Waals surface area contributed by atoms with E-state index in [1.165, 1.54) is 0 Å².